The van der Waals surface area contributed by atoms with E-state index in [1.165, 1.54) is 13.2 Å². The average Bonchev–Trinajstić information content (AvgIpc) is 3.26. The van der Waals surface area contributed by atoms with Gasteiger partial charge in [0.15, 0.2) is 11.6 Å². The van der Waals surface area contributed by atoms with E-state index >= 15 is 4.39 Å². The SMILES string of the molecule is COc1c(N2CC[C@@H]([C@H](C)N)C2)c(F)cc2c(=O)c3c(=O)[nH]sc3n(C3CC3)c12. The molecule has 9 heteroatoms. The van der Waals surface area contributed by atoms with Gasteiger partial charge in [-0.25, -0.2) is 4.39 Å². The Balaban J connectivity index is 1.84. The number of aromatic amines is 1. The molecule has 3 heterocycles. The van der Waals surface area contributed by atoms with Crippen LogP contribution in [0.5, 0.6) is 5.75 Å². The van der Waals surface area contributed by atoms with E-state index in [1.54, 1.807) is 0 Å². The van der Waals surface area contributed by atoms with E-state index in [9.17, 15) is 9.59 Å². The molecular formula is C20H23FN4O3S. The lowest BCUT2D eigenvalue weighted by Crippen LogP contribution is -2.30. The summed E-state index contributed by atoms with van der Waals surface area (Å²) >= 11 is 1.15. The van der Waals surface area contributed by atoms with E-state index in [-0.39, 0.29) is 28.8 Å². The number of methoxy groups -OCH3 is 1. The van der Waals surface area contributed by atoms with Crippen molar-refractivity contribution in [3.63, 3.8) is 0 Å². The number of anilines is 1. The highest BCUT2D eigenvalue weighted by atomic mass is 32.1. The van der Waals surface area contributed by atoms with Gasteiger partial charge in [-0.2, -0.15) is 0 Å². The molecule has 0 bridgehead atoms. The molecule has 2 aromatic heterocycles. The monoisotopic (exact) mass is 418 g/mol. The molecule has 2 atom stereocenters. The number of nitrogens with zero attached hydrogens (tertiary/aromatic N) is 2. The maximum Gasteiger partial charge on any atom is 0.271 e. The Morgan fingerprint density at radius 1 is 1.34 bits per heavy atom. The second kappa shape index (κ2) is 6.56. The van der Waals surface area contributed by atoms with Gasteiger partial charge in [0, 0.05) is 25.2 Å². The summed E-state index contributed by atoms with van der Waals surface area (Å²) in [5.74, 6) is 0.125. The highest BCUT2D eigenvalue weighted by Crippen LogP contribution is 2.46. The van der Waals surface area contributed by atoms with Crippen molar-refractivity contribution in [3.8, 4) is 5.75 Å². The zero-order valence-corrected chi connectivity index (χ0v) is 17.1. The minimum atomic E-state index is -0.509. The fourth-order valence-corrected chi connectivity index (χ4v) is 5.42. The molecular weight excluding hydrogens is 395 g/mol. The molecule has 1 aromatic carbocycles. The van der Waals surface area contributed by atoms with E-state index in [0.29, 0.717) is 34.9 Å². The van der Waals surface area contributed by atoms with Gasteiger partial charge in [0.1, 0.15) is 15.9 Å². The van der Waals surface area contributed by atoms with Crippen molar-refractivity contribution in [1.82, 2.24) is 8.94 Å². The van der Waals surface area contributed by atoms with Crippen LogP contribution >= 0.6 is 11.5 Å². The Hall–Kier alpha value is -2.39. The summed E-state index contributed by atoms with van der Waals surface area (Å²) in [7, 11) is 1.50. The van der Waals surface area contributed by atoms with Crippen LogP contribution in [0.25, 0.3) is 21.1 Å². The van der Waals surface area contributed by atoms with Crippen LogP contribution in [0.2, 0.25) is 0 Å². The predicted octanol–water partition coefficient (Wildman–Crippen LogP) is 2.56. The number of nitrogens with one attached hydrogen (secondary N) is 1. The molecule has 7 nitrogen and oxygen atoms in total. The zero-order chi connectivity index (χ0) is 20.4. The third-order valence-electron chi connectivity index (χ3n) is 6.20. The van der Waals surface area contributed by atoms with Crippen LogP contribution in [0.1, 0.15) is 32.2 Å². The first-order chi connectivity index (χ1) is 13.9. The largest absolute Gasteiger partial charge is 0.492 e. The summed E-state index contributed by atoms with van der Waals surface area (Å²) in [6.07, 6.45) is 2.78. The summed E-state index contributed by atoms with van der Waals surface area (Å²) in [6, 6.07) is 1.47. The minimum absolute atomic E-state index is 0.0240. The zero-order valence-electron chi connectivity index (χ0n) is 16.3. The fraction of sp³-hybridized carbons (Fsp3) is 0.500. The van der Waals surface area contributed by atoms with Gasteiger partial charge in [0.25, 0.3) is 5.56 Å². The molecule has 154 valence electrons. The Morgan fingerprint density at radius 3 is 2.72 bits per heavy atom. The van der Waals surface area contributed by atoms with E-state index < -0.39 is 16.8 Å². The van der Waals surface area contributed by atoms with Gasteiger partial charge in [0.05, 0.1) is 18.0 Å². The maximum absolute atomic E-state index is 15.3. The van der Waals surface area contributed by atoms with Crippen LogP contribution in [0, 0.1) is 11.7 Å². The first-order valence-electron chi connectivity index (χ1n) is 9.88. The smallest absolute Gasteiger partial charge is 0.271 e. The van der Waals surface area contributed by atoms with Crippen molar-refractivity contribution in [2.75, 3.05) is 25.1 Å². The Bertz CT molecular complexity index is 1240. The molecule has 0 spiro atoms. The molecule has 1 saturated heterocycles. The lowest BCUT2D eigenvalue weighted by atomic mass is 10.0. The number of H-pyrrole nitrogens is 1. The van der Waals surface area contributed by atoms with E-state index in [4.69, 9.17) is 10.5 Å². The van der Waals surface area contributed by atoms with Crippen LogP contribution in [-0.4, -0.2) is 35.2 Å². The predicted molar refractivity (Wildman–Crippen MR) is 113 cm³/mol. The Morgan fingerprint density at radius 2 is 2.10 bits per heavy atom. The first-order valence-corrected chi connectivity index (χ1v) is 10.7. The van der Waals surface area contributed by atoms with Crippen LogP contribution in [0.4, 0.5) is 10.1 Å². The molecule has 2 aliphatic rings. The molecule has 3 aromatic rings. The number of hydrogen-bond donors (Lipinski definition) is 2. The Labute approximate surface area is 170 Å². The molecule has 1 aliphatic heterocycles. The van der Waals surface area contributed by atoms with Crippen LogP contribution in [-0.2, 0) is 0 Å². The average molecular weight is 418 g/mol. The second-order valence-corrected chi connectivity index (χ2v) is 8.93. The summed E-state index contributed by atoms with van der Waals surface area (Å²) in [5.41, 5.74) is 6.14. The third kappa shape index (κ3) is 2.71. The van der Waals surface area contributed by atoms with Crippen molar-refractivity contribution in [2.24, 2.45) is 11.7 Å². The summed E-state index contributed by atoms with van der Waals surface area (Å²) in [5, 5.41) is 0.288. The van der Waals surface area contributed by atoms with Crippen LogP contribution in [0.15, 0.2) is 15.7 Å². The first kappa shape index (κ1) is 18.6. The van der Waals surface area contributed by atoms with Crippen molar-refractivity contribution in [1.29, 1.82) is 0 Å². The van der Waals surface area contributed by atoms with Gasteiger partial charge in [0.2, 0.25) is 5.43 Å². The van der Waals surface area contributed by atoms with Crippen molar-refractivity contribution < 1.29 is 9.13 Å². The normalized spacial score (nSPS) is 20.7. The minimum Gasteiger partial charge on any atom is -0.492 e. The quantitative estimate of drug-likeness (QED) is 0.679. The molecule has 5 rings (SSSR count). The number of pyridine rings is 1. The van der Waals surface area contributed by atoms with Crippen molar-refractivity contribution >= 4 is 38.3 Å². The summed E-state index contributed by atoms with van der Waals surface area (Å²) in [4.78, 5) is 27.9. The molecule has 0 unspecified atom stereocenters. The number of aromatic nitrogens is 2. The molecule has 2 fully saturated rings. The highest BCUT2D eigenvalue weighted by Gasteiger charge is 2.34. The maximum atomic E-state index is 15.3. The van der Waals surface area contributed by atoms with Gasteiger partial charge in [-0.1, -0.05) is 0 Å². The van der Waals surface area contributed by atoms with Crippen molar-refractivity contribution in [3.05, 3.63) is 32.5 Å². The fourth-order valence-electron chi connectivity index (χ4n) is 4.51. The summed E-state index contributed by atoms with van der Waals surface area (Å²) in [6.45, 7) is 3.29. The number of fused-ring (bicyclic) bond motifs is 2. The molecule has 3 N–H and O–H groups in total. The van der Waals surface area contributed by atoms with E-state index in [0.717, 1.165) is 30.8 Å². The number of benzene rings is 1. The van der Waals surface area contributed by atoms with Gasteiger partial charge in [-0.3, -0.25) is 14.0 Å². The topological polar surface area (TPSA) is 93.3 Å². The van der Waals surface area contributed by atoms with E-state index in [1.807, 2.05) is 16.4 Å². The number of rotatable bonds is 4. The molecule has 1 saturated carbocycles. The van der Waals surface area contributed by atoms with Crippen LogP contribution in [0.3, 0.4) is 0 Å². The molecule has 29 heavy (non-hydrogen) atoms. The number of halogens is 1. The number of hydrogen-bond acceptors (Lipinski definition) is 6. The second-order valence-electron chi connectivity index (χ2n) is 8.13. The van der Waals surface area contributed by atoms with Crippen molar-refractivity contribution in [2.45, 2.75) is 38.3 Å². The molecule has 0 amide bonds. The number of nitrogens with two attached hydrogens (primary N) is 1. The lowest BCUT2D eigenvalue weighted by Gasteiger charge is -2.25. The van der Waals surface area contributed by atoms with Gasteiger partial charge in [-0.05, 0) is 49.7 Å². The summed E-state index contributed by atoms with van der Waals surface area (Å²) < 4.78 is 25.7. The molecule has 0 radical (unpaired) electrons. The molecule has 1 aliphatic carbocycles. The highest BCUT2D eigenvalue weighted by molar-refractivity contribution is 7.12. The van der Waals surface area contributed by atoms with E-state index in [2.05, 4.69) is 4.37 Å². The number of ether oxygens (including phenoxy) is 1. The third-order valence-corrected chi connectivity index (χ3v) is 7.08. The van der Waals surface area contributed by atoms with Gasteiger partial charge < -0.3 is 19.9 Å². The van der Waals surface area contributed by atoms with Gasteiger partial charge >= 0.3 is 0 Å². The van der Waals surface area contributed by atoms with Gasteiger partial charge in [-0.15, -0.1) is 0 Å². The van der Waals surface area contributed by atoms with Crippen LogP contribution < -0.4 is 26.4 Å². The lowest BCUT2D eigenvalue weighted by molar-refractivity contribution is 0.413. The standard InChI is InChI=1S/C20H23FN4O3S/c1-9(22)10-5-6-24(8-10)16-13(21)7-12-15(18(16)28-2)25(11-3-4-11)20-14(17(12)26)19(27)23-29-20/h7,9-11H,3-6,8,22H2,1-2H3,(H,23,27)/t9-,10+/m0/s1. The Kier molecular flexibility index (Phi) is 4.22.